The van der Waals surface area contributed by atoms with Crippen LogP contribution in [0.3, 0.4) is 0 Å². The molecule has 3 rings (SSSR count). The number of rotatable bonds is 8. The molecule has 0 heterocycles. The summed E-state index contributed by atoms with van der Waals surface area (Å²) in [6.45, 7) is 0. The van der Waals surface area contributed by atoms with Gasteiger partial charge in [0, 0.05) is 23.4 Å². The van der Waals surface area contributed by atoms with Crippen molar-refractivity contribution in [1.82, 2.24) is 10.9 Å². The number of carbonyl (C=O) groups excluding carboxylic acids is 2. The number of non-ortho nitro benzene ring substituents is 1. The fraction of sp³-hybridized carbons (Fsp3) is 0.0909. The summed E-state index contributed by atoms with van der Waals surface area (Å²) >= 11 is 0. The summed E-state index contributed by atoms with van der Waals surface area (Å²) in [6.07, 6.45) is -0.127. The lowest BCUT2D eigenvalue weighted by Gasteiger charge is -2.11. The van der Waals surface area contributed by atoms with Gasteiger partial charge in [-0.3, -0.25) is 35.3 Å². The maximum Gasteiger partial charge on any atom is 0.269 e. The highest BCUT2D eigenvalue weighted by Crippen LogP contribution is 2.20. The number of carbonyl (C=O) groups is 2. The molecule has 2 amide bonds. The largest absolute Gasteiger partial charge is 0.497 e. The Balaban J connectivity index is 1.61. The Morgan fingerprint density at radius 1 is 0.971 bits per heavy atom. The van der Waals surface area contributed by atoms with Crippen molar-refractivity contribution in [2.24, 2.45) is 0 Å². The van der Waals surface area contributed by atoms with E-state index in [4.69, 9.17) is 4.74 Å². The molecule has 0 atom stereocenters. The van der Waals surface area contributed by atoms with E-state index in [1.807, 2.05) is 0 Å². The van der Waals surface area contributed by atoms with Crippen molar-refractivity contribution < 1.29 is 27.7 Å². The van der Waals surface area contributed by atoms with Gasteiger partial charge in [0.05, 0.1) is 23.3 Å². The third-order valence-corrected chi connectivity index (χ3v) is 5.96. The number of sulfonamides is 1. The molecule has 0 aliphatic heterocycles. The van der Waals surface area contributed by atoms with Crippen molar-refractivity contribution in [2.75, 3.05) is 11.8 Å². The number of anilines is 1. The molecular formula is C22H20N4O7S. The average Bonchev–Trinajstić information content (AvgIpc) is 2.83. The Morgan fingerprint density at radius 2 is 1.65 bits per heavy atom. The van der Waals surface area contributed by atoms with Gasteiger partial charge in [-0.05, 0) is 48.0 Å². The summed E-state index contributed by atoms with van der Waals surface area (Å²) in [6, 6.07) is 17.0. The van der Waals surface area contributed by atoms with E-state index in [-0.39, 0.29) is 22.6 Å². The molecular weight excluding hydrogens is 464 g/mol. The van der Waals surface area contributed by atoms with Gasteiger partial charge in [-0.1, -0.05) is 18.2 Å². The van der Waals surface area contributed by atoms with Gasteiger partial charge >= 0.3 is 0 Å². The molecule has 0 aliphatic carbocycles. The first-order valence-electron chi connectivity index (χ1n) is 9.77. The van der Waals surface area contributed by atoms with E-state index in [2.05, 4.69) is 15.6 Å². The lowest BCUT2D eigenvalue weighted by atomic mass is 10.1. The molecule has 0 aromatic heterocycles. The Bertz CT molecular complexity index is 1310. The maximum atomic E-state index is 12.7. The number of hydrazine groups is 1. The summed E-state index contributed by atoms with van der Waals surface area (Å²) in [4.78, 5) is 34.5. The zero-order chi connectivity index (χ0) is 24.7. The topological polar surface area (TPSA) is 157 Å². The molecule has 11 nitrogen and oxygen atoms in total. The quantitative estimate of drug-likeness (QED) is 0.327. The summed E-state index contributed by atoms with van der Waals surface area (Å²) < 4.78 is 32.8. The van der Waals surface area contributed by atoms with Crippen LogP contribution in [-0.2, 0) is 21.2 Å². The number of amides is 2. The molecule has 0 saturated carbocycles. The minimum atomic E-state index is -3.98. The highest BCUT2D eigenvalue weighted by atomic mass is 32.2. The van der Waals surface area contributed by atoms with Gasteiger partial charge < -0.3 is 4.74 Å². The molecule has 176 valence electrons. The van der Waals surface area contributed by atoms with E-state index < -0.39 is 26.8 Å². The van der Waals surface area contributed by atoms with Gasteiger partial charge in [-0.25, -0.2) is 8.42 Å². The van der Waals surface area contributed by atoms with Gasteiger partial charge in [0.25, 0.3) is 21.6 Å². The second-order valence-electron chi connectivity index (χ2n) is 6.96. The van der Waals surface area contributed by atoms with Crippen molar-refractivity contribution in [3.63, 3.8) is 0 Å². The molecule has 0 spiro atoms. The normalized spacial score (nSPS) is 10.7. The van der Waals surface area contributed by atoms with E-state index in [9.17, 15) is 28.1 Å². The Morgan fingerprint density at radius 3 is 2.26 bits per heavy atom. The van der Waals surface area contributed by atoms with Crippen LogP contribution in [0.5, 0.6) is 5.75 Å². The van der Waals surface area contributed by atoms with E-state index >= 15 is 0 Å². The second-order valence-corrected chi connectivity index (χ2v) is 8.65. The summed E-state index contributed by atoms with van der Waals surface area (Å²) in [5.41, 5.74) is 5.17. The fourth-order valence-electron chi connectivity index (χ4n) is 2.84. The van der Waals surface area contributed by atoms with Crippen LogP contribution >= 0.6 is 0 Å². The summed E-state index contributed by atoms with van der Waals surface area (Å²) in [5, 5.41) is 10.7. The van der Waals surface area contributed by atoms with Gasteiger partial charge in [-0.15, -0.1) is 0 Å². The standard InChI is InChI=1S/C22H20N4O7S/c1-33-19-11-7-17(8-12-19)25-34(31,32)20-4-2-3-16(14-20)22(28)24-23-21(27)13-15-5-9-18(10-6-15)26(29)30/h2-12,14,25H,13H2,1H3,(H,23,27)(H,24,28). The lowest BCUT2D eigenvalue weighted by Crippen LogP contribution is -2.42. The van der Waals surface area contributed by atoms with Crippen LogP contribution in [0.25, 0.3) is 0 Å². The van der Waals surface area contributed by atoms with Crippen molar-refractivity contribution in [3.05, 3.63) is 94.0 Å². The van der Waals surface area contributed by atoms with Crippen LogP contribution in [0.15, 0.2) is 77.7 Å². The minimum absolute atomic E-state index is 0.00763. The number of nitro groups is 1. The van der Waals surface area contributed by atoms with Gasteiger partial charge in [-0.2, -0.15) is 0 Å². The first kappa shape index (κ1) is 24.2. The molecule has 0 saturated heterocycles. The number of benzene rings is 3. The monoisotopic (exact) mass is 484 g/mol. The zero-order valence-electron chi connectivity index (χ0n) is 17.8. The predicted molar refractivity (Wildman–Crippen MR) is 123 cm³/mol. The van der Waals surface area contributed by atoms with Crippen molar-refractivity contribution in [2.45, 2.75) is 11.3 Å². The Labute approximate surface area is 194 Å². The van der Waals surface area contributed by atoms with Gasteiger partial charge in [0.15, 0.2) is 0 Å². The third-order valence-electron chi connectivity index (χ3n) is 4.58. The van der Waals surface area contributed by atoms with Crippen LogP contribution in [0.4, 0.5) is 11.4 Å². The number of nitrogens with zero attached hydrogens (tertiary/aromatic N) is 1. The molecule has 3 aromatic carbocycles. The molecule has 34 heavy (non-hydrogen) atoms. The molecule has 0 radical (unpaired) electrons. The van der Waals surface area contributed by atoms with E-state index in [1.165, 1.54) is 67.8 Å². The average molecular weight is 484 g/mol. The van der Waals surface area contributed by atoms with Crippen LogP contribution in [0.1, 0.15) is 15.9 Å². The third kappa shape index (κ3) is 6.29. The molecule has 3 aromatic rings. The maximum absolute atomic E-state index is 12.7. The van der Waals surface area contributed by atoms with Crippen LogP contribution < -0.4 is 20.3 Å². The predicted octanol–water partition coefficient (Wildman–Crippen LogP) is 2.41. The van der Waals surface area contributed by atoms with Crippen molar-refractivity contribution >= 4 is 33.2 Å². The smallest absolute Gasteiger partial charge is 0.269 e. The SMILES string of the molecule is COc1ccc(NS(=O)(=O)c2cccc(C(=O)NNC(=O)Cc3ccc([N+](=O)[O-])cc3)c2)cc1. The Hall–Kier alpha value is -4.45. The summed E-state index contributed by atoms with van der Waals surface area (Å²) in [5.74, 6) is -0.719. The van der Waals surface area contributed by atoms with E-state index in [1.54, 1.807) is 12.1 Å². The van der Waals surface area contributed by atoms with Gasteiger partial charge in [0.2, 0.25) is 5.91 Å². The Kier molecular flexibility index (Phi) is 7.43. The second kappa shape index (κ2) is 10.4. The number of ether oxygens (including phenoxy) is 1. The van der Waals surface area contributed by atoms with Crippen LogP contribution in [0.2, 0.25) is 0 Å². The molecule has 3 N–H and O–H groups in total. The number of nitro benzene ring substituents is 1. The summed E-state index contributed by atoms with van der Waals surface area (Å²) in [7, 11) is -2.48. The van der Waals surface area contributed by atoms with Gasteiger partial charge in [0.1, 0.15) is 5.75 Å². The van der Waals surface area contributed by atoms with E-state index in [0.717, 1.165) is 0 Å². The number of hydrogen-bond acceptors (Lipinski definition) is 7. The van der Waals surface area contributed by atoms with Crippen molar-refractivity contribution in [1.29, 1.82) is 0 Å². The molecule has 0 bridgehead atoms. The number of hydrogen-bond donors (Lipinski definition) is 3. The molecule has 0 aliphatic rings. The fourth-order valence-corrected chi connectivity index (χ4v) is 3.95. The molecule has 12 heteroatoms. The number of nitrogens with one attached hydrogen (secondary N) is 3. The van der Waals surface area contributed by atoms with Crippen molar-refractivity contribution in [3.8, 4) is 5.75 Å². The molecule has 0 unspecified atom stereocenters. The highest BCUT2D eigenvalue weighted by Gasteiger charge is 2.17. The minimum Gasteiger partial charge on any atom is -0.497 e. The van der Waals surface area contributed by atoms with Crippen LogP contribution in [-0.4, -0.2) is 32.3 Å². The zero-order valence-corrected chi connectivity index (χ0v) is 18.7. The van der Waals surface area contributed by atoms with Crippen LogP contribution in [0, 0.1) is 10.1 Å². The first-order chi connectivity index (χ1) is 16.2. The lowest BCUT2D eigenvalue weighted by molar-refractivity contribution is -0.384. The first-order valence-corrected chi connectivity index (χ1v) is 11.3. The molecule has 0 fully saturated rings. The van der Waals surface area contributed by atoms with E-state index in [0.29, 0.717) is 17.0 Å². The highest BCUT2D eigenvalue weighted by molar-refractivity contribution is 7.92. The number of methoxy groups -OCH3 is 1.